The number of methoxy groups -OCH3 is 3. The van der Waals surface area contributed by atoms with E-state index in [0.29, 0.717) is 40.8 Å². The molecule has 1 aromatic heterocycles. The summed E-state index contributed by atoms with van der Waals surface area (Å²) in [6.45, 7) is 4.12. The molecule has 0 bridgehead atoms. The highest BCUT2D eigenvalue weighted by atomic mass is 35.5. The number of hydrogen-bond acceptors (Lipinski definition) is 7. The van der Waals surface area contributed by atoms with Crippen LogP contribution in [0.4, 0.5) is 0 Å². The van der Waals surface area contributed by atoms with Gasteiger partial charge in [0.2, 0.25) is 0 Å². The molecule has 2 aromatic carbocycles. The molecule has 2 aliphatic heterocycles. The second-order valence-corrected chi connectivity index (χ2v) is 9.15. The van der Waals surface area contributed by atoms with Crippen molar-refractivity contribution in [1.29, 1.82) is 0 Å². The van der Waals surface area contributed by atoms with E-state index in [1.807, 2.05) is 18.2 Å². The van der Waals surface area contributed by atoms with Gasteiger partial charge in [0.1, 0.15) is 11.5 Å². The maximum absolute atomic E-state index is 12.6. The normalized spacial score (nSPS) is 18.1. The first kappa shape index (κ1) is 28.7. The average molecular weight is 554 g/mol. The molecular formula is C26H33Cl2N3O6. The van der Waals surface area contributed by atoms with Crippen LogP contribution >= 0.6 is 24.8 Å². The van der Waals surface area contributed by atoms with E-state index in [4.69, 9.17) is 18.9 Å². The molecule has 37 heavy (non-hydrogen) atoms. The van der Waals surface area contributed by atoms with Gasteiger partial charge in [0.05, 0.1) is 38.8 Å². The van der Waals surface area contributed by atoms with E-state index in [0.717, 1.165) is 50.6 Å². The summed E-state index contributed by atoms with van der Waals surface area (Å²) >= 11 is 0. The second-order valence-electron chi connectivity index (χ2n) is 9.15. The number of rotatable bonds is 8. The van der Waals surface area contributed by atoms with Gasteiger partial charge in [-0.05, 0) is 37.6 Å². The smallest absolute Gasteiger partial charge is 0.328 e. The van der Waals surface area contributed by atoms with Crippen LogP contribution in [0.1, 0.15) is 24.3 Å². The molecule has 5 rings (SSSR count). The Kier molecular flexibility index (Phi) is 9.39. The summed E-state index contributed by atoms with van der Waals surface area (Å²) in [5.41, 5.74) is 0.886. The summed E-state index contributed by atoms with van der Waals surface area (Å²) < 4.78 is 23.9. The fourth-order valence-electron chi connectivity index (χ4n) is 5.47. The van der Waals surface area contributed by atoms with Gasteiger partial charge in [-0.1, -0.05) is 6.07 Å². The lowest BCUT2D eigenvalue weighted by Gasteiger charge is -2.29. The van der Waals surface area contributed by atoms with Crippen molar-refractivity contribution >= 4 is 35.7 Å². The lowest BCUT2D eigenvalue weighted by atomic mass is 9.86. The van der Waals surface area contributed by atoms with Crippen molar-refractivity contribution in [3.8, 4) is 23.0 Å². The Bertz CT molecular complexity index is 1340. The number of aromatic nitrogens is 2. The maximum atomic E-state index is 12.6. The Hall–Kier alpha value is -2.88. The minimum Gasteiger partial charge on any atom is -0.496 e. The van der Waals surface area contributed by atoms with E-state index >= 15 is 0 Å². The molecule has 2 aliphatic rings. The molecule has 0 saturated carbocycles. The summed E-state index contributed by atoms with van der Waals surface area (Å²) in [5.74, 6) is 3.62. The standard InChI is InChI=1S/C26H31N3O6.2ClH/c1-32-20-7-6-8-21-24(20)18-14-28(13-16(18)15-35-21)9-4-5-10-29-19-12-23(34-3)22(33-2)11-17(19)25(30)27-26(29)31;;/h6-8,11-12,16,18H,4-5,9-10,13-15H2,1-3H3,(H,27,30,31);2*1H/t16-,18+;;/m1../s1. The zero-order valence-corrected chi connectivity index (χ0v) is 22.8. The van der Waals surface area contributed by atoms with Crippen LogP contribution in [0, 0.1) is 5.92 Å². The van der Waals surface area contributed by atoms with Gasteiger partial charge in [-0.2, -0.15) is 0 Å². The van der Waals surface area contributed by atoms with Crippen LogP contribution in [-0.4, -0.2) is 62.0 Å². The number of nitrogens with zero attached hydrogens (tertiary/aromatic N) is 2. The molecule has 1 N–H and O–H groups in total. The Morgan fingerprint density at radius 1 is 0.946 bits per heavy atom. The van der Waals surface area contributed by atoms with Crippen molar-refractivity contribution in [2.75, 3.05) is 47.6 Å². The second kappa shape index (κ2) is 12.1. The molecule has 1 saturated heterocycles. The first-order valence-electron chi connectivity index (χ1n) is 11.9. The summed E-state index contributed by atoms with van der Waals surface area (Å²) in [4.78, 5) is 29.9. The molecule has 3 aromatic rings. The Balaban J connectivity index is 0.00000190. The van der Waals surface area contributed by atoms with Crippen LogP contribution in [0.5, 0.6) is 23.0 Å². The topological polar surface area (TPSA) is 95.0 Å². The maximum Gasteiger partial charge on any atom is 0.328 e. The van der Waals surface area contributed by atoms with Gasteiger partial charge in [-0.15, -0.1) is 24.8 Å². The molecule has 2 atom stereocenters. The molecule has 0 radical (unpaired) electrons. The third-order valence-corrected chi connectivity index (χ3v) is 7.20. The predicted molar refractivity (Wildman–Crippen MR) is 147 cm³/mol. The van der Waals surface area contributed by atoms with Crippen molar-refractivity contribution in [2.45, 2.75) is 25.3 Å². The molecule has 0 unspecified atom stereocenters. The minimum atomic E-state index is -0.431. The average Bonchev–Trinajstić information content (AvgIpc) is 3.30. The number of benzene rings is 2. The first-order valence-corrected chi connectivity index (χ1v) is 11.9. The molecule has 11 heteroatoms. The van der Waals surface area contributed by atoms with Crippen LogP contribution in [0.25, 0.3) is 10.9 Å². The molecular weight excluding hydrogens is 521 g/mol. The fraction of sp³-hybridized carbons (Fsp3) is 0.462. The molecule has 0 aliphatic carbocycles. The lowest BCUT2D eigenvalue weighted by Crippen LogP contribution is -2.31. The highest BCUT2D eigenvalue weighted by Gasteiger charge is 2.40. The Labute approximate surface area is 227 Å². The van der Waals surface area contributed by atoms with E-state index in [2.05, 4.69) is 9.88 Å². The largest absolute Gasteiger partial charge is 0.496 e. The van der Waals surface area contributed by atoms with Crippen LogP contribution in [0.2, 0.25) is 0 Å². The number of nitrogens with one attached hydrogen (secondary N) is 1. The Morgan fingerprint density at radius 2 is 1.65 bits per heavy atom. The highest BCUT2D eigenvalue weighted by molar-refractivity contribution is 5.85. The summed E-state index contributed by atoms with van der Waals surface area (Å²) in [7, 11) is 4.76. The van der Waals surface area contributed by atoms with Crippen molar-refractivity contribution in [3.63, 3.8) is 0 Å². The van der Waals surface area contributed by atoms with Crippen LogP contribution in [0.15, 0.2) is 39.9 Å². The van der Waals surface area contributed by atoms with Gasteiger partial charge in [0, 0.05) is 43.1 Å². The molecule has 3 heterocycles. The fourth-order valence-corrected chi connectivity index (χ4v) is 5.47. The number of aromatic amines is 1. The van der Waals surface area contributed by atoms with E-state index in [1.165, 1.54) is 19.8 Å². The number of unbranched alkanes of at least 4 members (excludes halogenated alkanes) is 1. The van der Waals surface area contributed by atoms with Gasteiger partial charge in [-0.3, -0.25) is 14.3 Å². The SMILES string of the molecule is COc1cc2c(=O)[nH]c(=O)n(CCCCN3C[C@@H]4COc5cccc(OC)c5[C@H]4C3)c2cc1OC.Cl.Cl. The third kappa shape index (κ3) is 5.39. The van der Waals surface area contributed by atoms with Gasteiger partial charge >= 0.3 is 5.69 Å². The van der Waals surface area contributed by atoms with Crippen molar-refractivity contribution < 1.29 is 18.9 Å². The first-order chi connectivity index (χ1) is 17.0. The van der Waals surface area contributed by atoms with Crippen LogP contribution in [0.3, 0.4) is 0 Å². The van der Waals surface area contributed by atoms with Gasteiger partial charge in [-0.25, -0.2) is 4.79 Å². The third-order valence-electron chi connectivity index (χ3n) is 7.20. The number of aryl methyl sites for hydroxylation is 1. The molecule has 202 valence electrons. The van der Waals surface area contributed by atoms with E-state index in [1.54, 1.807) is 23.8 Å². The molecule has 9 nitrogen and oxygen atoms in total. The van der Waals surface area contributed by atoms with Crippen LogP contribution < -0.4 is 30.2 Å². The summed E-state index contributed by atoms with van der Waals surface area (Å²) in [6.07, 6.45) is 1.73. The van der Waals surface area contributed by atoms with Crippen molar-refractivity contribution in [1.82, 2.24) is 14.5 Å². The van der Waals surface area contributed by atoms with E-state index in [9.17, 15) is 9.59 Å². The number of likely N-dealkylation sites (tertiary alicyclic amines) is 1. The van der Waals surface area contributed by atoms with Gasteiger partial charge < -0.3 is 23.8 Å². The molecule has 0 amide bonds. The van der Waals surface area contributed by atoms with E-state index < -0.39 is 11.2 Å². The number of ether oxygens (including phenoxy) is 4. The number of halogens is 2. The number of fused-ring (bicyclic) bond motifs is 4. The van der Waals surface area contributed by atoms with Crippen LogP contribution in [-0.2, 0) is 6.54 Å². The lowest BCUT2D eigenvalue weighted by molar-refractivity contribution is 0.209. The summed E-state index contributed by atoms with van der Waals surface area (Å²) in [5, 5.41) is 0.401. The zero-order valence-electron chi connectivity index (χ0n) is 21.2. The number of H-pyrrole nitrogens is 1. The monoisotopic (exact) mass is 553 g/mol. The summed E-state index contributed by atoms with van der Waals surface area (Å²) in [6, 6.07) is 9.31. The zero-order chi connectivity index (χ0) is 24.5. The van der Waals surface area contributed by atoms with Gasteiger partial charge in [0.15, 0.2) is 11.5 Å². The molecule has 0 spiro atoms. The van der Waals surface area contributed by atoms with Crippen molar-refractivity contribution in [2.24, 2.45) is 5.92 Å². The minimum absolute atomic E-state index is 0. The highest BCUT2D eigenvalue weighted by Crippen LogP contribution is 2.46. The van der Waals surface area contributed by atoms with E-state index in [-0.39, 0.29) is 24.8 Å². The Morgan fingerprint density at radius 3 is 2.38 bits per heavy atom. The quantitative estimate of drug-likeness (QED) is 0.427. The molecule has 1 fully saturated rings. The van der Waals surface area contributed by atoms with Gasteiger partial charge in [0.25, 0.3) is 5.56 Å². The predicted octanol–water partition coefficient (Wildman–Crippen LogP) is 3.45. The van der Waals surface area contributed by atoms with Crippen molar-refractivity contribution in [3.05, 3.63) is 56.7 Å². The number of hydrogen-bond donors (Lipinski definition) is 1.